The summed E-state index contributed by atoms with van der Waals surface area (Å²) in [6.07, 6.45) is 16.1. The van der Waals surface area contributed by atoms with Gasteiger partial charge in [-0.05, 0) is 124 Å². The number of ether oxygens (including phenoxy) is 1. The van der Waals surface area contributed by atoms with Crippen molar-refractivity contribution >= 4 is 5.97 Å². The molecule has 9 atom stereocenters. The van der Waals surface area contributed by atoms with E-state index >= 15 is 0 Å². The second kappa shape index (κ2) is 9.59. The zero-order valence-corrected chi connectivity index (χ0v) is 23.6. The highest BCUT2D eigenvalue weighted by Crippen LogP contribution is 2.69. The van der Waals surface area contributed by atoms with Gasteiger partial charge in [-0.25, -0.2) is 4.79 Å². The highest BCUT2D eigenvalue weighted by Gasteiger charge is 2.61. The third kappa shape index (κ3) is 4.66. The first-order chi connectivity index (χ1) is 15.9. The molecule has 0 amide bonds. The summed E-state index contributed by atoms with van der Waals surface area (Å²) in [6, 6.07) is 0. The molecule has 0 N–H and O–H groups in total. The summed E-state index contributed by atoms with van der Waals surface area (Å²) in [5, 5.41) is 0. The van der Waals surface area contributed by atoms with Crippen molar-refractivity contribution in [3.8, 4) is 0 Å². The van der Waals surface area contributed by atoms with Crippen molar-refractivity contribution in [1.29, 1.82) is 0 Å². The number of hydrogen-bond acceptors (Lipinski definition) is 2. The summed E-state index contributed by atoms with van der Waals surface area (Å²) >= 11 is 0. The number of rotatable bonds is 7. The van der Waals surface area contributed by atoms with Gasteiger partial charge in [-0.2, -0.15) is 0 Å². The van der Waals surface area contributed by atoms with Gasteiger partial charge in [-0.1, -0.05) is 60.5 Å². The highest BCUT2D eigenvalue weighted by molar-refractivity contribution is 5.87. The summed E-state index contributed by atoms with van der Waals surface area (Å²) in [4.78, 5) is 12.3. The molecule has 0 aliphatic heterocycles. The monoisotopic (exact) mass is 470 g/mol. The predicted octanol–water partition coefficient (Wildman–Crippen LogP) is 8.99. The molecule has 4 rings (SSSR count). The van der Waals surface area contributed by atoms with Crippen molar-refractivity contribution < 1.29 is 9.53 Å². The van der Waals surface area contributed by atoms with E-state index in [0.717, 1.165) is 48.3 Å². The summed E-state index contributed by atoms with van der Waals surface area (Å²) < 4.78 is 6.00. The van der Waals surface area contributed by atoms with E-state index in [-0.39, 0.29) is 11.6 Å². The van der Waals surface area contributed by atoms with Crippen molar-refractivity contribution in [3.05, 3.63) is 12.2 Å². The summed E-state index contributed by atoms with van der Waals surface area (Å²) in [7, 11) is 0. The lowest BCUT2D eigenvalue weighted by Gasteiger charge is -2.62. The molecule has 194 valence electrons. The van der Waals surface area contributed by atoms with Gasteiger partial charge >= 0.3 is 5.97 Å². The standard InChI is InChI=1S/C32H54O2/c1-21(2)10-9-11-23(5)26-14-15-27-25-13-12-24-20-30(6,34-29(33)22(3)4)18-19-31(24,7)28(25)16-17-32(26,27)8/h21,23-28H,3,9-20H2,1-2,4-8H3/t23-,24?,25?,26-,27?,28?,30?,31+,32-/m1/s1. The maximum Gasteiger partial charge on any atom is 0.333 e. The van der Waals surface area contributed by atoms with Gasteiger partial charge in [0.2, 0.25) is 0 Å². The van der Waals surface area contributed by atoms with Crippen LogP contribution < -0.4 is 0 Å². The molecular formula is C32H54O2. The largest absolute Gasteiger partial charge is 0.456 e. The summed E-state index contributed by atoms with van der Waals surface area (Å²) in [5.41, 5.74) is 1.22. The average Bonchev–Trinajstić information content (AvgIpc) is 3.11. The van der Waals surface area contributed by atoms with Gasteiger partial charge in [0.1, 0.15) is 5.60 Å². The second-order valence-electron chi connectivity index (χ2n) is 14.5. The van der Waals surface area contributed by atoms with Crippen molar-refractivity contribution in [2.75, 3.05) is 0 Å². The van der Waals surface area contributed by atoms with Crippen LogP contribution in [0.15, 0.2) is 12.2 Å². The Hall–Kier alpha value is -0.790. The van der Waals surface area contributed by atoms with Gasteiger partial charge in [-0.3, -0.25) is 0 Å². The Morgan fingerprint density at radius 3 is 2.29 bits per heavy atom. The molecule has 0 aromatic heterocycles. The molecular weight excluding hydrogens is 416 g/mol. The molecule has 4 aliphatic rings. The van der Waals surface area contributed by atoms with Crippen LogP contribution in [0.5, 0.6) is 0 Å². The lowest BCUT2D eigenvalue weighted by atomic mass is 9.43. The molecule has 0 saturated heterocycles. The minimum atomic E-state index is -0.305. The van der Waals surface area contributed by atoms with E-state index in [2.05, 4.69) is 48.1 Å². The van der Waals surface area contributed by atoms with Crippen LogP contribution in [-0.2, 0) is 9.53 Å². The number of fused-ring (bicyclic) bond motifs is 5. The number of carbonyl (C=O) groups is 1. The predicted molar refractivity (Wildman–Crippen MR) is 142 cm³/mol. The van der Waals surface area contributed by atoms with Gasteiger partial charge in [0.25, 0.3) is 0 Å². The minimum absolute atomic E-state index is 0.201. The molecule has 0 aromatic rings. The lowest BCUT2D eigenvalue weighted by Crippen LogP contribution is -2.56. The van der Waals surface area contributed by atoms with Crippen molar-refractivity contribution in [2.45, 2.75) is 131 Å². The topological polar surface area (TPSA) is 26.3 Å². The van der Waals surface area contributed by atoms with Crippen LogP contribution in [0.1, 0.15) is 126 Å². The van der Waals surface area contributed by atoms with Crippen LogP contribution in [0, 0.1) is 52.3 Å². The second-order valence-corrected chi connectivity index (χ2v) is 14.5. The molecule has 4 fully saturated rings. The average molecular weight is 471 g/mol. The van der Waals surface area contributed by atoms with E-state index in [4.69, 9.17) is 4.74 Å². The Balaban J connectivity index is 1.44. The molecule has 0 spiro atoms. The fraction of sp³-hybridized carbons (Fsp3) is 0.906. The number of carbonyl (C=O) groups excluding carboxylic acids is 1. The first-order valence-corrected chi connectivity index (χ1v) is 14.8. The Morgan fingerprint density at radius 1 is 0.912 bits per heavy atom. The first kappa shape index (κ1) is 26.3. The van der Waals surface area contributed by atoms with E-state index in [9.17, 15) is 4.79 Å². The zero-order valence-electron chi connectivity index (χ0n) is 23.6. The van der Waals surface area contributed by atoms with Gasteiger partial charge in [0, 0.05) is 5.57 Å². The lowest BCUT2D eigenvalue weighted by molar-refractivity contribution is -0.177. The summed E-state index contributed by atoms with van der Waals surface area (Å²) in [6.45, 7) is 20.4. The quantitative estimate of drug-likeness (QED) is 0.274. The molecule has 2 heteroatoms. The molecule has 0 radical (unpaired) electrons. The van der Waals surface area contributed by atoms with Crippen LogP contribution in [0.2, 0.25) is 0 Å². The van der Waals surface area contributed by atoms with Gasteiger partial charge in [0.15, 0.2) is 0 Å². The fourth-order valence-electron chi connectivity index (χ4n) is 9.84. The molecule has 4 saturated carbocycles. The van der Waals surface area contributed by atoms with Gasteiger partial charge in [0.05, 0.1) is 0 Å². The van der Waals surface area contributed by atoms with Crippen LogP contribution in [0.4, 0.5) is 0 Å². The maximum absolute atomic E-state index is 12.3. The van der Waals surface area contributed by atoms with E-state index in [1.165, 1.54) is 64.2 Å². The van der Waals surface area contributed by atoms with Crippen LogP contribution in [0.3, 0.4) is 0 Å². The molecule has 0 heterocycles. The molecule has 34 heavy (non-hydrogen) atoms. The molecule has 0 bridgehead atoms. The normalized spacial score (nSPS) is 44.6. The first-order valence-electron chi connectivity index (χ1n) is 14.8. The molecule has 4 aliphatic carbocycles. The third-order valence-electron chi connectivity index (χ3n) is 11.8. The van der Waals surface area contributed by atoms with Gasteiger partial charge < -0.3 is 4.74 Å². The Bertz CT molecular complexity index is 769. The van der Waals surface area contributed by atoms with E-state index in [0.29, 0.717) is 22.3 Å². The zero-order chi connectivity index (χ0) is 24.9. The molecule has 5 unspecified atom stereocenters. The van der Waals surface area contributed by atoms with Gasteiger partial charge in [-0.15, -0.1) is 0 Å². The fourth-order valence-corrected chi connectivity index (χ4v) is 9.84. The Morgan fingerprint density at radius 2 is 1.62 bits per heavy atom. The van der Waals surface area contributed by atoms with Crippen molar-refractivity contribution in [3.63, 3.8) is 0 Å². The molecule has 0 aromatic carbocycles. The van der Waals surface area contributed by atoms with Crippen LogP contribution in [0.25, 0.3) is 0 Å². The third-order valence-corrected chi connectivity index (χ3v) is 11.8. The number of esters is 1. The Labute approximate surface area is 211 Å². The van der Waals surface area contributed by atoms with E-state index in [1.807, 2.05) is 0 Å². The summed E-state index contributed by atoms with van der Waals surface area (Å²) in [5.74, 6) is 5.90. The van der Waals surface area contributed by atoms with E-state index in [1.54, 1.807) is 6.92 Å². The minimum Gasteiger partial charge on any atom is -0.456 e. The highest BCUT2D eigenvalue weighted by atomic mass is 16.6. The Kier molecular flexibility index (Phi) is 7.41. The van der Waals surface area contributed by atoms with Crippen molar-refractivity contribution in [1.82, 2.24) is 0 Å². The number of hydrogen-bond donors (Lipinski definition) is 0. The van der Waals surface area contributed by atoms with E-state index < -0.39 is 0 Å². The van der Waals surface area contributed by atoms with Crippen LogP contribution >= 0.6 is 0 Å². The molecule has 2 nitrogen and oxygen atoms in total. The SMILES string of the molecule is C=C(C)C(=O)OC1(C)CC[C@@]2(C)C(CCC3C2CC[C@@]2(C)C3CC[C@@H]2[C@H](C)CCCC(C)C)C1. The van der Waals surface area contributed by atoms with Crippen LogP contribution in [-0.4, -0.2) is 11.6 Å². The maximum atomic E-state index is 12.3. The smallest absolute Gasteiger partial charge is 0.333 e. The van der Waals surface area contributed by atoms with Crippen molar-refractivity contribution in [2.24, 2.45) is 52.3 Å².